The number of nitrogens with one attached hydrogen (secondary N) is 1. The predicted molar refractivity (Wildman–Crippen MR) is 78.9 cm³/mol. The molecular weight excluding hydrogens is 220 g/mol. The molecule has 2 rings (SSSR count). The molecule has 0 radical (unpaired) electrons. The van der Waals surface area contributed by atoms with Gasteiger partial charge in [-0.25, -0.2) is 0 Å². The van der Waals surface area contributed by atoms with Crippen molar-refractivity contribution in [3.05, 3.63) is 0 Å². The lowest BCUT2D eigenvalue weighted by Gasteiger charge is -2.39. The minimum absolute atomic E-state index is 0.618. The van der Waals surface area contributed by atoms with E-state index in [1.807, 2.05) is 0 Å². The summed E-state index contributed by atoms with van der Waals surface area (Å²) in [6.07, 6.45) is 11.3. The molecule has 1 saturated heterocycles. The zero-order chi connectivity index (χ0) is 12.8. The first kappa shape index (κ1) is 14.3. The quantitative estimate of drug-likeness (QED) is 0.828. The summed E-state index contributed by atoms with van der Waals surface area (Å²) in [6, 6.07) is 0.756. The van der Waals surface area contributed by atoms with Gasteiger partial charge in [-0.1, -0.05) is 33.1 Å². The first-order valence-corrected chi connectivity index (χ1v) is 8.18. The van der Waals surface area contributed by atoms with Crippen molar-refractivity contribution in [2.45, 2.75) is 71.3 Å². The van der Waals surface area contributed by atoms with Gasteiger partial charge in [-0.2, -0.15) is 0 Å². The Balaban J connectivity index is 1.83. The van der Waals surface area contributed by atoms with Crippen molar-refractivity contribution in [1.82, 2.24) is 10.2 Å². The molecule has 0 amide bonds. The first-order valence-electron chi connectivity index (χ1n) is 8.18. The summed E-state index contributed by atoms with van der Waals surface area (Å²) in [6.45, 7) is 10.0. The molecule has 0 aromatic carbocycles. The first-order chi connectivity index (χ1) is 8.72. The molecule has 18 heavy (non-hydrogen) atoms. The van der Waals surface area contributed by atoms with Gasteiger partial charge in [0, 0.05) is 12.6 Å². The highest BCUT2D eigenvalue weighted by atomic mass is 15.1. The molecule has 0 spiro atoms. The van der Waals surface area contributed by atoms with Crippen LogP contribution in [-0.2, 0) is 0 Å². The van der Waals surface area contributed by atoms with Crippen molar-refractivity contribution in [1.29, 1.82) is 0 Å². The van der Waals surface area contributed by atoms with Crippen molar-refractivity contribution >= 4 is 0 Å². The second-order valence-electron chi connectivity index (χ2n) is 6.85. The van der Waals surface area contributed by atoms with Crippen LogP contribution >= 0.6 is 0 Å². The molecule has 0 aromatic rings. The zero-order valence-corrected chi connectivity index (χ0v) is 12.5. The predicted octanol–water partition coefficient (Wildman–Crippen LogP) is 3.42. The van der Waals surface area contributed by atoms with Crippen LogP contribution < -0.4 is 5.32 Å². The zero-order valence-electron chi connectivity index (χ0n) is 12.5. The third-order valence-electron chi connectivity index (χ3n) is 5.04. The Morgan fingerprint density at radius 1 is 1.11 bits per heavy atom. The van der Waals surface area contributed by atoms with Gasteiger partial charge in [-0.15, -0.1) is 0 Å². The lowest BCUT2D eigenvalue weighted by atomic mass is 9.75. The maximum atomic E-state index is 3.68. The van der Waals surface area contributed by atoms with E-state index in [4.69, 9.17) is 0 Å². The Morgan fingerprint density at radius 2 is 1.89 bits per heavy atom. The smallest absolute Gasteiger partial charge is 0.00766 e. The molecule has 2 heteroatoms. The van der Waals surface area contributed by atoms with Gasteiger partial charge in [0.25, 0.3) is 0 Å². The number of rotatable bonds is 3. The van der Waals surface area contributed by atoms with Gasteiger partial charge in [-0.05, 0) is 57.2 Å². The summed E-state index contributed by atoms with van der Waals surface area (Å²) >= 11 is 0. The largest absolute Gasteiger partial charge is 0.314 e. The Bertz CT molecular complexity index is 233. The van der Waals surface area contributed by atoms with Gasteiger partial charge in [0.1, 0.15) is 0 Å². The van der Waals surface area contributed by atoms with E-state index in [0.717, 1.165) is 6.04 Å². The summed E-state index contributed by atoms with van der Waals surface area (Å²) in [5.41, 5.74) is 0.618. The fraction of sp³-hybridized carbons (Fsp3) is 1.00. The molecular formula is C16H32N2. The Kier molecular flexibility index (Phi) is 5.50. The molecule has 0 bridgehead atoms. The monoisotopic (exact) mass is 252 g/mol. The van der Waals surface area contributed by atoms with Crippen molar-refractivity contribution in [2.24, 2.45) is 5.41 Å². The van der Waals surface area contributed by atoms with Gasteiger partial charge >= 0.3 is 0 Å². The van der Waals surface area contributed by atoms with Crippen LogP contribution in [0.25, 0.3) is 0 Å². The van der Waals surface area contributed by atoms with E-state index in [1.165, 1.54) is 77.5 Å². The maximum Gasteiger partial charge on any atom is 0.00766 e. The molecule has 2 fully saturated rings. The summed E-state index contributed by atoms with van der Waals surface area (Å²) in [5.74, 6) is 0. The van der Waals surface area contributed by atoms with Gasteiger partial charge in [-0.3, -0.25) is 0 Å². The summed E-state index contributed by atoms with van der Waals surface area (Å²) in [5, 5.41) is 3.68. The van der Waals surface area contributed by atoms with E-state index in [2.05, 4.69) is 24.1 Å². The standard InChI is InChI=1S/C16H32N2/c1-3-15-8-13-18(12-7-11-17-15)14-16(2)9-5-4-6-10-16/h15,17H,3-14H2,1-2H3. The van der Waals surface area contributed by atoms with E-state index >= 15 is 0 Å². The van der Waals surface area contributed by atoms with Gasteiger partial charge in [0.2, 0.25) is 0 Å². The lowest BCUT2D eigenvalue weighted by molar-refractivity contribution is 0.111. The Hall–Kier alpha value is -0.0800. The fourth-order valence-corrected chi connectivity index (χ4v) is 3.77. The molecule has 1 aliphatic heterocycles. The number of hydrogen-bond donors (Lipinski definition) is 1. The van der Waals surface area contributed by atoms with Crippen LogP contribution in [0.2, 0.25) is 0 Å². The third kappa shape index (κ3) is 4.24. The van der Waals surface area contributed by atoms with E-state index in [-0.39, 0.29) is 0 Å². The van der Waals surface area contributed by atoms with Gasteiger partial charge < -0.3 is 10.2 Å². The van der Waals surface area contributed by atoms with E-state index in [0.29, 0.717) is 5.41 Å². The molecule has 1 saturated carbocycles. The molecule has 1 unspecified atom stereocenters. The lowest BCUT2D eigenvalue weighted by Crippen LogP contribution is -2.43. The van der Waals surface area contributed by atoms with Crippen molar-refractivity contribution < 1.29 is 0 Å². The average Bonchev–Trinajstić information content (AvgIpc) is 2.34. The van der Waals surface area contributed by atoms with Crippen molar-refractivity contribution in [3.8, 4) is 0 Å². The molecule has 0 aromatic heterocycles. The second kappa shape index (κ2) is 6.91. The minimum atomic E-state index is 0.618. The number of hydrogen-bond acceptors (Lipinski definition) is 2. The van der Waals surface area contributed by atoms with Crippen LogP contribution in [0, 0.1) is 5.41 Å². The van der Waals surface area contributed by atoms with E-state index < -0.39 is 0 Å². The Labute approximate surface area is 114 Å². The topological polar surface area (TPSA) is 15.3 Å². The second-order valence-corrected chi connectivity index (χ2v) is 6.85. The highest BCUT2D eigenvalue weighted by Gasteiger charge is 2.29. The van der Waals surface area contributed by atoms with Crippen molar-refractivity contribution in [2.75, 3.05) is 26.2 Å². The molecule has 1 N–H and O–H groups in total. The third-order valence-corrected chi connectivity index (χ3v) is 5.04. The molecule has 2 aliphatic rings. The van der Waals surface area contributed by atoms with Crippen LogP contribution in [-0.4, -0.2) is 37.1 Å². The summed E-state index contributed by atoms with van der Waals surface area (Å²) in [4.78, 5) is 2.76. The SMILES string of the molecule is CCC1CCN(CC2(C)CCCCC2)CCCN1. The summed E-state index contributed by atoms with van der Waals surface area (Å²) in [7, 11) is 0. The van der Waals surface area contributed by atoms with E-state index in [1.54, 1.807) is 0 Å². The molecule has 1 heterocycles. The summed E-state index contributed by atoms with van der Waals surface area (Å²) < 4.78 is 0. The van der Waals surface area contributed by atoms with Gasteiger partial charge in [0.15, 0.2) is 0 Å². The Morgan fingerprint density at radius 3 is 2.61 bits per heavy atom. The average molecular weight is 252 g/mol. The molecule has 1 atom stereocenters. The molecule has 106 valence electrons. The van der Waals surface area contributed by atoms with Crippen LogP contribution in [0.1, 0.15) is 65.2 Å². The highest BCUT2D eigenvalue weighted by molar-refractivity contribution is 4.83. The highest BCUT2D eigenvalue weighted by Crippen LogP contribution is 2.36. The number of nitrogens with zero attached hydrogens (tertiary/aromatic N) is 1. The van der Waals surface area contributed by atoms with Crippen LogP contribution in [0.4, 0.5) is 0 Å². The molecule has 1 aliphatic carbocycles. The fourth-order valence-electron chi connectivity index (χ4n) is 3.77. The van der Waals surface area contributed by atoms with Crippen molar-refractivity contribution in [3.63, 3.8) is 0 Å². The normalized spacial score (nSPS) is 30.7. The van der Waals surface area contributed by atoms with Gasteiger partial charge in [0.05, 0.1) is 0 Å². The van der Waals surface area contributed by atoms with Crippen LogP contribution in [0.5, 0.6) is 0 Å². The van der Waals surface area contributed by atoms with E-state index in [9.17, 15) is 0 Å². The van der Waals surface area contributed by atoms with Crippen LogP contribution in [0.15, 0.2) is 0 Å². The minimum Gasteiger partial charge on any atom is -0.314 e. The molecule has 2 nitrogen and oxygen atoms in total. The van der Waals surface area contributed by atoms with Crippen LogP contribution in [0.3, 0.4) is 0 Å². The maximum absolute atomic E-state index is 3.68.